The van der Waals surface area contributed by atoms with Crippen molar-refractivity contribution in [3.63, 3.8) is 0 Å². The SMILES string of the molecule is COc1ccc(NC(=O)[C@H](C)N=C2NS(=O)(=O)c3ccccc32)cc1Cl. The second-order valence-electron chi connectivity index (χ2n) is 5.59. The smallest absolute Gasteiger partial charge is 0.263 e. The largest absolute Gasteiger partial charge is 0.495 e. The number of hydrogen-bond acceptors (Lipinski definition) is 5. The lowest BCUT2D eigenvalue weighted by Crippen LogP contribution is -2.28. The molecule has 2 aromatic carbocycles. The lowest BCUT2D eigenvalue weighted by Gasteiger charge is -2.11. The predicted molar refractivity (Wildman–Crippen MR) is 99.4 cm³/mol. The van der Waals surface area contributed by atoms with Crippen LogP contribution >= 0.6 is 11.6 Å². The van der Waals surface area contributed by atoms with E-state index in [-0.39, 0.29) is 10.7 Å². The molecule has 1 aliphatic heterocycles. The molecular weight excluding hydrogens is 378 g/mol. The second kappa shape index (κ2) is 6.97. The molecule has 1 atom stereocenters. The monoisotopic (exact) mass is 393 g/mol. The Labute approximate surface area is 156 Å². The topological polar surface area (TPSA) is 96.9 Å². The fourth-order valence-electron chi connectivity index (χ4n) is 2.47. The van der Waals surface area contributed by atoms with E-state index in [1.165, 1.54) is 13.2 Å². The van der Waals surface area contributed by atoms with Gasteiger partial charge in [-0.2, -0.15) is 0 Å². The maximum absolute atomic E-state index is 12.4. The summed E-state index contributed by atoms with van der Waals surface area (Å²) in [6.45, 7) is 1.57. The van der Waals surface area contributed by atoms with E-state index >= 15 is 0 Å². The summed E-state index contributed by atoms with van der Waals surface area (Å²) in [7, 11) is -2.14. The maximum atomic E-state index is 12.4. The van der Waals surface area contributed by atoms with Crippen LogP contribution in [0.3, 0.4) is 0 Å². The van der Waals surface area contributed by atoms with E-state index in [0.717, 1.165) is 0 Å². The molecule has 0 saturated heterocycles. The Morgan fingerprint density at radius 2 is 2.00 bits per heavy atom. The summed E-state index contributed by atoms with van der Waals surface area (Å²) in [5.41, 5.74) is 0.930. The van der Waals surface area contributed by atoms with Crippen molar-refractivity contribution < 1.29 is 17.9 Å². The molecule has 9 heteroatoms. The van der Waals surface area contributed by atoms with Crippen LogP contribution in [-0.2, 0) is 14.8 Å². The van der Waals surface area contributed by atoms with Crippen LogP contribution in [0.15, 0.2) is 52.4 Å². The van der Waals surface area contributed by atoms with Gasteiger partial charge in [0, 0.05) is 11.3 Å². The molecule has 0 fully saturated rings. The number of nitrogens with zero attached hydrogens (tertiary/aromatic N) is 1. The third kappa shape index (κ3) is 3.51. The van der Waals surface area contributed by atoms with Crippen LogP contribution in [0.1, 0.15) is 12.5 Å². The van der Waals surface area contributed by atoms with Gasteiger partial charge in [-0.05, 0) is 37.3 Å². The van der Waals surface area contributed by atoms with Gasteiger partial charge in [-0.25, -0.2) is 8.42 Å². The number of aliphatic imine (C=N–C) groups is 1. The standard InChI is InChI=1S/C17H16ClN3O4S/c1-10(17(22)20-11-7-8-14(25-2)13(18)9-11)19-16-12-5-3-4-6-15(12)26(23,24)21-16/h3-10H,1-2H3,(H,19,21)(H,20,22)/t10-/m0/s1. The Kier molecular flexibility index (Phi) is 4.88. The number of sulfonamides is 1. The van der Waals surface area contributed by atoms with Gasteiger partial charge in [0.1, 0.15) is 17.6 Å². The van der Waals surface area contributed by atoms with Crippen LogP contribution < -0.4 is 14.8 Å². The summed E-state index contributed by atoms with van der Waals surface area (Å²) in [4.78, 5) is 16.7. The van der Waals surface area contributed by atoms with Crippen molar-refractivity contribution in [2.45, 2.75) is 17.9 Å². The van der Waals surface area contributed by atoms with Gasteiger partial charge in [-0.15, -0.1) is 0 Å². The molecule has 1 aliphatic rings. The van der Waals surface area contributed by atoms with E-state index < -0.39 is 22.0 Å². The molecule has 3 rings (SSSR count). The molecule has 136 valence electrons. The highest BCUT2D eigenvalue weighted by Crippen LogP contribution is 2.27. The maximum Gasteiger partial charge on any atom is 0.263 e. The Morgan fingerprint density at radius 3 is 2.69 bits per heavy atom. The number of nitrogens with one attached hydrogen (secondary N) is 2. The van der Waals surface area contributed by atoms with Crippen molar-refractivity contribution in [1.82, 2.24) is 4.72 Å². The van der Waals surface area contributed by atoms with Crippen LogP contribution in [0.5, 0.6) is 5.75 Å². The minimum Gasteiger partial charge on any atom is -0.495 e. The first-order valence-electron chi connectivity index (χ1n) is 7.66. The highest BCUT2D eigenvalue weighted by atomic mass is 35.5. The van der Waals surface area contributed by atoms with Gasteiger partial charge in [0.2, 0.25) is 5.91 Å². The van der Waals surface area contributed by atoms with Crippen molar-refractivity contribution in [1.29, 1.82) is 0 Å². The van der Waals surface area contributed by atoms with Crippen molar-refractivity contribution in [3.8, 4) is 5.75 Å². The number of fused-ring (bicyclic) bond motifs is 1. The number of methoxy groups -OCH3 is 1. The summed E-state index contributed by atoms with van der Waals surface area (Å²) >= 11 is 6.04. The number of ether oxygens (including phenoxy) is 1. The molecule has 26 heavy (non-hydrogen) atoms. The average molecular weight is 394 g/mol. The summed E-state index contributed by atoms with van der Waals surface area (Å²) in [5, 5.41) is 3.05. The molecule has 0 unspecified atom stereocenters. The first-order chi connectivity index (χ1) is 12.3. The van der Waals surface area contributed by atoms with Crippen molar-refractivity contribution in [3.05, 3.63) is 53.1 Å². The summed E-state index contributed by atoms with van der Waals surface area (Å²) < 4.78 is 31.6. The van der Waals surface area contributed by atoms with E-state index in [4.69, 9.17) is 16.3 Å². The van der Waals surface area contributed by atoms with Crippen LogP contribution in [0.2, 0.25) is 5.02 Å². The summed E-state index contributed by atoms with van der Waals surface area (Å²) in [6, 6.07) is 10.5. The van der Waals surface area contributed by atoms with Gasteiger partial charge < -0.3 is 10.1 Å². The van der Waals surface area contributed by atoms with Gasteiger partial charge >= 0.3 is 0 Å². The summed E-state index contributed by atoms with van der Waals surface area (Å²) in [6.07, 6.45) is 0. The number of amidine groups is 1. The highest BCUT2D eigenvalue weighted by molar-refractivity contribution is 7.90. The Hall–Kier alpha value is -2.58. The fraction of sp³-hybridized carbons (Fsp3) is 0.176. The first-order valence-corrected chi connectivity index (χ1v) is 9.52. The molecule has 0 saturated carbocycles. The van der Waals surface area contributed by atoms with Crippen molar-refractivity contribution in [2.75, 3.05) is 12.4 Å². The van der Waals surface area contributed by atoms with Crippen LogP contribution in [0.25, 0.3) is 0 Å². The molecule has 2 N–H and O–H groups in total. The summed E-state index contributed by atoms with van der Waals surface area (Å²) in [5.74, 6) is 0.244. The third-order valence-corrected chi connectivity index (χ3v) is 5.48. The van der Waals surface area contributed by atoms with Gasteiger partial charge in [0.05, 0.1) is 17.0 Å². The zero-order chi connectivity index (χ0) is 18.9. The molecule has 7 nitrogen and oxygen atoms in total. The van der Waals surface area contributed by atoms with E-state index in [2.05, 4.69) is 15.0 Å². The van der Waals surface area contributed by atoms with Gasteiger partial charge in [-0.1, -0.05) is 23.7 Å². The first kappa shape index (κ1) is 18.2. The molecule has 0 spiro atoms. The lowest BCUT2D eigenvalue weighted by molar-refractivity contribution is -0.117. The Morgan fingerprint density at radius 1 is 1.27 bits per heavy atom. The zero-order valence-electron chi connectivity index (χ0n) is 14.0. The molecule has 0 bridgehead atoms. The van der Waals surface area contributed by atoms with Crippen LogP contribution in [0, 0.1) is 0 Å². The number of amides is 1. The van der Waals surface area contributed by atoms with E-state index in [0.29, 0.717) is 22.0 Å². The third-order valence-electron chi connectivity index (χ3n) is 3.78. The molecular formula is C17H16ClN3O4S. The molecule has 0 radical (unpaired) electrons. The van der Waals surface area contributed by atoms with Gasteiger partial charge in [0.25, 0.3) is 10.0 Å². The fourth-order valence-corrected chi connectivity index (χ4v) is 3.97. The number of carbonyl (C=O) groups excluding carboxylic acids is 1. The number of benzene rings is 2. The minimum atomic E-state index is -3.64. The van der Waals surface area contributed by atoms with Crippen molar-refractivity contribution >= 4 is 39.1 Å². The van der Waals surface area contributed by atoms with E-state index in [1.54, 1.807) is 43.3 Å². The molecule has 1 amide bonds. The van der Waals surface area contributed by atoms with Crippen LogP contribution in [0.4, 0.5) is 5.69 Å². The lowest BCUT2D eigenvalue weighted by atomic mass is 10.2. The van der Waals surface area contributed by atoms with Gasteiger partial charge in [0.15, 0.2) is 0 Å². The number of rotatable bonds is 4. The number of anilines is 1. The van der Waals surface area contributed by atoms with Crippen molar-refractivity contribution in [2.24, 2.45) is 4.99 Å². The molecule has 2 aromatic rings. The zero-order valence-corrected chi connectivity index (χ0v) is 15.6. The quantitative estimate of drug-likeness (QED) is 0.833. The molecule has 0 aliphatic carbocycles. The number of halogens is 1. The normalized spacial score (nSPS) is 17.3. The Bertz CT molecular complexity index is 1000. The van der Waals surface area contributed by atoms with Gasteiger partial charge in [-0.3, -0.25) is 14.5 Å². The predicted octanol–water partition coefficient (Wildman–Crippen LogP) is 2.41. The highest BCUT2D eigenvalue weighted by Gasteiger charge is 2.31. The number of carbonyl (C=O) groups is 1. The number of hydrogen-bond donors (Lipinski definition) is 2. The van der Waals surface area contributed by atoms with E-state index in [9.17, 15) is 13.2 Å². The molecule has 1 heterocycles. The Balaban J connectivity index is 1.80. The minimum absolute atomic E-state index is 0.147. The average Bonchev–Trinajstić information content (AvgIpc) is 2.86. The van der Waals surface area contributed by atoms with Crippen LogP contribution in [-0.4, -0.2) is 33.3 Å². The second-order valence-corrected chi connectivity index (χ2v) is 7.65. The van der Waals surface area contributed by atoms with E-state index in [1.807, 2.05) is 0 Å². The molecule has 0 aromatic heterocycles.